The van der Waals surface area contributed by atoms with Gasteiger partial charge in [0.1, 0.15) is 12.2 Å². The van der Waals surface area contributed by atoms with Crippen molar-refractivity contribution in [1.82, 2.24) is 9.55 Å². The second-order valence-corrected chi connectivity index (χ2v) is 3.65. The van der Waals surface area contributed by atoms with E-state index in [0.717, 1.165) is 16.6 Å². The third kappa shape index (κ3) is 1.70. The Labute approximate surface area is 87.2 Å². The summed E-state index contributed by atoms with van der Waals surface area (Å²) in [6.45, 7) is 2.00. The minimum absolute atomic E-state index is 0.0375. The van der Waals surface area contributed by atoms with E-state index in [4.69, 9.17) is 5.11 Å². The molecule has 2 rings (SSSR count). The van der Waals surface area contributed by atoms with Gasteiger partial charge in [-0.05, 0) is 24.6 Å². The highest BCUT2D eigenvalue weighted by Crippen LogP contribution is 2.16. The van der Waals surface area contributed by atoms with Crippen molar-refractivity contribution in [3.05, 3.63) is 29.6 Å². The number of rotatable bonds is 2. The van der Waals surface area contributed by atoms with Crippen molar-refractivity contribution < 1.29 is 9.90 Å². The third-order valence-electron chi connectivity index (χ3n) is 2.44. The van der Waals surface area contributed by atoms with Crippen LogP contribution in [0.25, 0.3) is 11.0 Å². The normalized spacial score (nSPS) is 10.8. The standard InChI is InChI=1S/C11H12N2O2/c1-7-3-4-8-9(5-7)13(2)10(12-8)6-11(14)15/h3-5H,6H2,1-2H3,(H,14,15). The van der Waals surface area contributed by atoms with Crippen molar-refractivity contribution in [3.8, 4) is 0 Å². The highest BCUT2D eigenvalue weighted by molar-refractivity contribution is 5.78. The van der Waals surface area contributed by atoms with Crippen LogP contribution in [0.4, 0.5) is 0 Å². The summed E-state index contributed by atoms with van der Waals surface area (Å²) in [5.41, 5.74) is 2.97. The van der Waals surface area contributed by atoms with Crippen LogP contribution in [0.15, 0.2) is 18.2 Å². The van der Waals surface area contributed by atoms with Crippen molar-refractivity contribution in [2.45, 2.75) is 13.3 Å². The molecule has 1 heterocycles. The Morgan fingerprint density at radius 3 is 2.93 bits per heavy atom. The lowest BCUT2D eigenvalue weighted by Crippen LogP contribution is -2.06. The number of aryl methyl sites for hydroxylation is 2. The lowest BCUT2D eigenvalue weighted by Gasteiger charge is -1.99. The molecule has 4 heteroatoms. The first-order valence-electron chi connectivity index (χ1n) is 4.71. The van der Waals surface area contributed by atoms with Crippen LogP contribution in [-0.2, 0) is 18.3 Å². The Hall–Kier alpha value is -1.84. The van der Waals surface area contributed by atoms with E-state index in [0.29, 0.717) is 5.82 Å². The van der Waals surface area contributed by atoms with E-state index in [1.54, 1.807) is 0 Å². The lowest BCUT2D eigenvalue weighted by atomic mass is 10.2. The van der Waals surface area contributed by atoms with Crippen LogP contribution in [0.3, 0.4) is 0 Å². The van der Waals surface area contributed by atoms with Crippen LogP contribution >= 0.6 is 0 Å². The third-order valence-corrected chi connectivity index (χ3v) is 2.44. The molecule has 0 unspecified atom stereocenters. The summed E-state index contributed by atoms with van der Waals surface area (Å²) in [5.74, 6) is -0.270. The average molecular weight is 204 g/mol. The van der Waals surface area contributed by atoms with Crippen LogP contribution in [-0.4, -0.2) is 20.6 Å². The van der Waals surface area contributed by atoms with Gasteiger partial charge in [0, 0.05) is 7.05 Å². The fourth-order valence-electron chi connectivity index (χ4n) is 1.64. The first-order valence-corrected chi connectivity index (χ1v) is 4.71. The fourth-order valence-corrected chi connectivity index (χ4v) is 1.64. The zero-order chi connectivity index (χ0) is 11.0. The van der Waals surface area contributed by atoms with Gasteiger partial charge in [-0.1, -0.05) is 6.07 Å². The Bertz CT molecular complexity index is 529. The molecule has 0 atom stereocenters. The molecule has 4 nitrogen and oxygen atoms in total. The van der Waals surface area contributed by atoms with Crippen molar-refractivity contribution in [2.24, 2.45) is 7.05 Å². The summed E-state index contributed by atoms with van der Waals surface area (Å²) in [6, 6.07) is 5.89. The molecule has 0 radical (unpaired) electrons. The summed E-state index contributed by atoms with van der Waals surface area (Å²) in [4.78, 5) is 14.9. The molecule has 2 aromatic rings. The highest BCUT2D eigenvalue weighted by Gasteiger charge is 2.10. The highest BCUT2D eigenvalue weighted by atomic mass is 16.4. The Morgan fingerprint density at radius 2 is 2.27 bits per heavy atom. The Kier molecular flexibility index (Phi) is 2.19. The molecule has 1 N–H and O–H groups in total. The maximum absolute atomic E-state index is 10.6. The molecule has 0 saturated heterocycles. The van der Waals surface area contributed by atoms with Crippen molar-refractivity contribution in [2.75, 3.05) is 0 Å². The number of hydrogen-bond acceptors (Lipinski definition) is 2. The van der Waals surface area contributed by atoms with Crippen LogP contribution in [0, 0.1) is 6.92 Å². The van der Waals surface area contributed by atoms with Crippen LogP contribution in [0.5, 0.6) is 0 Å². The first kappa shape index (κ1) is 9.71. The molecule has 0 fully saturated rings. The number of fused-ring (bicyclic) bond motifs is 1. The van der Waals surface area contributed by atoms with Crippen LogP contribution < -0.4 is 0 Å². The number of aromatic nitrogens is 2. The quantitative estimate of drug-likeness (QED) is 0.806. The summed E-state index contributed by atoms with van der Waals surface area (Å²) >= 11 is 0. The van der Waals surface area contributed by atoms with Crippen molar-refractivity contribution >= 4 is 17.0 Å². The number of benzene rings is 1. The number of carbonyl (C=O) groups is 1. The topological polar surface area (TPSA) is 55.1 Å². The van der Waals surface area contributed by atoms with Gasteiger partial charge >= 0.3 is 5.97 Å². The Balaban J connectivity index is 2.59. The summed E-state index contributed by atoms with van der Waals surface area (Å²) in [6.07, 6.45) is -0.0375. The maximum Gasteiger partial charge on any atom is 0.311 e. The summed E-state index contributed by atoms with van der Waals surface area (Å²) in [7, 11) is 1.84. The second kappa shape index (κ2) is 3.38. The minimum atomic E-state index is -0.856. The zero-order valence-electron chi connectivity index (χ0n) is 8.69. The molecular formula is C11H12N2O2. The minimum Gasteiger partial charge on any atom is -0.481 e. The monoisotopic (exact) mass is 204 g/mol. The molecule has 0 bridgehead atoms. The van der Waals surface area contributed by atoms with Crippen molar-refractivity contribution in [3.63, 3.8) is 0 Å². The predicted molar refractivity (Wildman–Crippen MR) is 56.8 cm³/mol. The smallest absolute Gasteiger partial charge is 0.311 e. The van der Waals surface area contributed by atoms with Gasteiger partial charge in [0.05, 0.1) is 11.0 Å². The molecule has 15 heavy (non-hydrogen) atoms. The molecule has 0 aliphatic carbocycles. The van der Waals surface area contributed by atoms with Crippen molar-refractivity contribution in [1.29, 1.82) is 0 Å². The zero-order valence-corrected chi connectivity index (χ0v) is 8.69. The van der Waals surface area contributed by atoms with Gasteiger partial charge in [0.25, 0.3) is 0 Å². The van der Waals surface area contributed by atoms with Gasteiger partial charge in [-0.2, -0.15) is 0 Å². The van der Waals surface area contributed by atoms with E-state index < -0.39 is 5.97 Å². The summed E-state index contributed by atoms with van der Waals surface area (Å²) < 4.78 is 1.83. The molecule has 0 amide bonds. The molecular weight excluding hydrogens is 192 g/mol. The molecule has 1 aromatic carbocycles. The van der Waals surface area contributed by atoms with E-state index in [1.165, 1.54) is 0 Å². The summed E-state index contributed by atoms with van der Waals surface area (Å²) in [5, 5.41) is 8.72. The van der Waals surface area contributed by atoms with Crippen LogP contribution in [0.1, 0.15) is 11.4 Å². The molecule has 0 spiro atoms. The lowest BCUT2D eigenvalue weighted by molar-refractivity contribution is -0.136. The molecule has 0 aliphatic rings. The number of hydrogen-bond donors (Lipinski definition) is 1. The average Bonchev–Trinajstić information content (AvgIpc) is 2.44. The van der Waals surface area contributed by atoms with Gasteiger partial charge in [0.2, 0.25) is 0 Å². The first-order chi connectivity index (χ1) is 7.08. The number of carboxylic acids is 1. The number of nitrogens with zero attached hydrogens (tertiary/aromatic N) is 2. The van der Waals surface area contributed by atoms with Gasteiger partial charge in [0.15, 0.2) is 0 Å². The number of aliphatic carboxylic acids is 1. The maximum atomic E-state index is 10.6. The van der Waals surface area contributed by atoms with Gasteiger partial charge in [-0.15, -0.1) is 0 Å². The number of imidazole rings is 1. The number of carboxylic acid groups (broad SMARTS) is 1. The molecule has 0 aliphatic heterocycles. The Morgan fingerprint density at radius 1 is 1.53 bits per heavy atom. The SMILES string of the molecule is Cc1ccc2nc(CC(=O)O)n(C)c2c1. The van der Waals surface area contributed by atoms with Gasteiger partial charge in [-0.25, -0.2) is 4.98 Å². The van der Waals surface area contributed by atoms with Gasteiger partial charge < -0.3 is 9.67 Å². The second-order valence-electron chi connectivity index (χ2n) is 3.65. The van der Waals surface area contributed by atoms with Crippen LogP contribution in [0.2, 0.25) is 0 Å². The van der Waals surface area contributed by atoms with E-state index in [-0.39, 0.29) is 6.42 Å². The fraction of sp³-hybridized carbons (Fsp3) is 0.273. The van der Waals surface area contributed by atoms with Gasteiger partial charge in [-0.3, -0.25) is 4.79 Å². The van der Waals surface area contributed by atoms with E-state index in [2.05, 4.69) is 4.98 Å². The molecule has 78 valence electrons. The van der Waals surface area contributed by atoms with E-state index >= 15 is 0 Å². The van der Waals surface area contributed by atoms with E-state index in [1.807, 2.05) is 36.7 Å². The molecule has 1 aromatic heterocycles. The largest absolute Gasteiger partial charge is 0.481 e. The van der Waals surface area contributed by atoms with E-state index in [9.17, 15) is 4.79 Å². The predicted octanol–water partition coefficient (Wildman–Crippen LogP) is 1.51. The molecule has 0 saturated carbocycles.